The number of hydrogen-bond acceptors (Lipinski definition) is 3. The van der Waals surface area contributed by atoms with Gasteiger partial charge in [0.25, 0.3) is 0 Å². The lowest BCUT2D eigenvalue weighted by atomic mass is 10.1. The predicted molar refractivity (Wildman–Crippen MR) is 138 cm³/mol. The van der Waals surface area contributed by atoms with Crippen LogP contribution in [0.2, 0.25) is 0 Å². The van der Waals surface area contributed by atoms with Crippen molar-refractivity contribution in [3.05, 3.63) is 59.9 Å². The maximum Gasteiger partial charge on any atom is 0.159 e. The van der Waals surface area contributed by atoms with Gasteiger partial charge in [0.05, 0.1) is 6.10 Å². The van der Waals surface area contributed by atoms with Crippen LogP contribution in [-0.4, -0.2) is 22.7 Å². The number of unbranched alkanes of at least 4 members (excludes halogenated alkanes) is 7. The highest BCUT2D eigenvalue weighted by Crippen LogP contribution is 2.17. The molecule has 0 saturated heterocycles. The van der Waals surface area contributed by atoms with Gasteiger partial charge in [-0.15, -0.1) is 0 Å². The molecule has 3 heteroatoms. The van der Waals surface area contributed by atoms with Crippen molar-refractivity contribution >= 4 is 12.2 Å². The zero-order chi connectivity index (χ0) is 22.9. The Labute approximate surface area is 196 Å². The van der Waals surface area contributed by atoms with E-state index in [9.17, 15) is 0 Å². The Hall–Kier alpha value is -2.26. The van der Waals surface area contributed by atoms with Crippen LogP contribution in [0, 0.1) is 0 Å². The average Bonchev–Trinajstić information content (AvgIpc) is 2.82. The van der Waals surface area contributed by atoms with Crippen molar-refractivity contribution in [2.24, 2.45) is 0 Å². The van der Waals surface area contributed by atoms with Gasteiger partial charge in [-0.2, -0.15) is 0 Å². The topological polar surface area (TPSA) is 35.0 Å². The molecule has 0 fully saturated rings. The van der Waals surface area contributed by atoms with E-state index in [0.717, 1.165) is 49.2 Å². The van der Waals surface area contributed by atoms with Gasteiger partial charge in [0, 0.05) is 30.1 Å². The summed E-state index contributed by atoms with van der Waals surface area (Å²) in [7, 11) is 0. The Bertz CT molecular complexity index is 778. The molecule has 0 aliphatic carbocycles. The molecule has 0 radical (unpaired) electrons. The fraction of sp³-hybridized carbons (Fsp3) is 0.517. The minimum atomic E-state index is 0.346. The second-order valence-corrected chi connectivity index (χ2v) is 8.52. The average molecular weight is 435 g/mol. The smallest absolute Gasteiger partial charge is 0.159 e. The second kappa shape index (κ2) is 16.4. The lowest BCUT2D eigenvalue weighted by molar-refractivity contribution is 0.0691. The first kappa shape index (κ1) is 26.0. The molecule has 0 N–H and O–H groups in total. The third-order valence-corrected chi connectivity index (χ3v) is 5.62. The molecule has 1 atom stereocenters. The molecule has 174 valence electrons. The largest absolute Gasteiger partial charge is 0.379 e. The van der Waals surface area contributed by atoms with E-state index in [1.807, 2.05) is 19.3 Å². The normalized spacial score (nSPS) is 12.7. The van der Waals surface area contributed by atoms with E-state index >= 15 is 0 Å². The number of allylic oxidation sites excluding steroid dienone is 2. The highest BCUT2D eigenvalue weighted by atomic mass is 16.5. The summed E-state index contributed by atoms with van der Waals surface area (Å²) < 4.78 is 5.57. The fourth-order valence-electron chi connectivity index (χ4n) is 3.69. The van der Waals surface area contributed by atoms with Gasteiger partial charge in [-0.1, -0.05) is 87.6 Å². The molecule has 0 bridgehead atoms. The van der Waals surface area contributed by atoms with Crippen molar-refractivity contribution in [3.8, 4) is 11.4 Å². The summed E-state index contributed by atoms with van der Waals surface area (Å²) in [5.74, 6) is 0.773. The molecule has 1 heterocycles. The van der Waals surface area contributed by atoms with Crippen LogP contribution in [0.1, 0.15) is 96.1 Å². The zero-order valence-electron chi connectivity index (χ0n) is 20.4. The molecule has 1 aromatic carbocycles. The van der Waals surface area contributed by atoms with Crippen LogP contribution in [0.3, 0.4) is 0 Å². The van der Waals surface area contributed by atoms with Crippen molar-refractivity contribution in [2.75, 3.05) is 6.61 Å². The zero-order valence-corrected chi connectivity index (χ0v) is 20.4. The third-order valence-electron chi connectivity index (χ3n) is 5.62. The van der Waals surface area contributed by atoms with E-state index < -0.39 is 0 Å². The summed E-state index contributed by atoms with van der Waals surface area (Å²) in [4.78, 5) is 9.09. The molecular weight excluding hydrogens is 392 g/mol. The summed E-state index contributed by atoms with van der Waals surface area (Å²) in [6.45, 7) is 7.24. The molecule has 0 saturated carbocycles. The lowest BCUT2D eigenvalue weighted by Gasteiger charge is -2.09. The predicted octanol–water partition coefficient (Wildman–Crippen LogP) is 8.52. The summed E-state index contributed by atoms with van der Waals surface area (Å²) in [6, 6.07) is 8.50. The van der Waals surface area contributed by atoms with E-state index in [0.29, 0.717) is 6.10 Å². The Morgan fingerprint density at radius 2 is 1.41 bits per heavy atom. The fourth-order valence-corrected chi connectivity index (χ4v) is 3.69. The molecule has 1 aromatic heterocycles. The van der Waals surface area contributed by atoms with Crippen LogP contribution in [0.25, 0.3) is 23.5 Å². The van der Waals surface area contributed by atoms with E-state index in [4.69, 9.17) is 4.74 Å². The third kappa shape index (κ3) is 10.9. The SMILES string of the molecule is CCCCCCCC/C=C/c1ccc(-c2ncc(/C=C/CCCC(C)OCC)cn2)cc1. The molecule has 32 heavy (non-hydrogen) atoms. The first-order chi connectivity index (χ1) is 15.7. The van der Waals surface area contributed by atoms with Crippen LogP contribution >= 0.6 is 0 Å². The van der Waals surface area contributed by atoms with E-state index in [1.54, 1.807) is 0 Å². The maximum atomic E-state index is 5.57. The lowest BCUT2D eigenvalue weighted by Crippen LogP contribution is -2.06. The van der Waals surface area contributed by atoms with Gasteiger partial charge in [0.15, 0.2) is 5.82 Å². The monoisotopic (exact) mass is 434 g/mol. The van der Waals surface area contributed by atoms with Crippen molar-refractivity contribution in [3.63, 3.8) is 0 Å². The Morgan fingerprint density at radius 3 is 2.09 bits per heavy atom. The van der Waals surface area contributed by atoms with E-state index in [1.165, 1.54) is 44.1 Å². The van der Waals surface area contributed by atoms with Crippen molar-refractivity contribution in [1.82, 2.24) is 9.97 Å². The van der Waals surface area contributed by atoms with Crippen LogP contribution in [0.15, 0.2) is 48.8 Å². The number of ether oxygens (including phenoxy) is 1. The highest BCUT2D eigenvalue weighted by molar-refractivity contribution is 5.60. The van der Waals surface area contributed by atoms with E-state index in [-0.39, 0.29) is 0 Å². The minimum absolute atomic E-state index is 0.346. The van der Waals surface area contributed by atoms with Crippen LogP contribution < -0.4 is 0 Å². The number of hydrogen-bond donors (Lipinski definition) is 0. The Morgan fingerprint density at radius 1 is 0.781 bits per heavy atom. The molecule has 1 unspecified atom stereocenters. The van der Waals surface area contributed by atoms with Crippen molar-refractivity contribution in [2.45, 2.75) is 91.1 Å². The first-order valence-corrected chi connectivity index (χ1v) is 12.6. The van der Waals surface area contributed by atoms with Crippen LogP contribution in [-0.2, 0) is 4.74 Å². The second-order valence-electron chi connectivity index (χ2n) is 8.52. The molecule has 0 spiro atoms. The van der Waals surface area contributed by atoms with Gasteiger partial charge < -0.3 is 4.74 Å². The van der Waals surface area contributed by atoms with Gasteiger partial charge in [-0.25, -0.2) is 9.97 Å². The highest BCUT2D eigenvalue weighted by Gasteiger charge is 2.01. The molecule has 2 aromatic rings. The molecule has 3 nitrogen and oxygen atoms in total. The number of nitrogens with zero attached hydrogens (tertiary/aromatic N) is 2. The number of rotatable bonds is 16. The summed E-state index contributed by atoms with van der Waals surface area (Å²) in [5.41, 5.74) is 3.33. The molecule has 0 aliphatic heterocycles. The molecule has 0 amide bonds. The summed E-state index contributed by atoms with van der Waals surface area (Å²) in [5, 5.41) is 0. The standard InChI is InChI=1S/C29H42N2O/c1-4-6-7-8-9-10-11-14-17-26-19-21-28(22-20-26)29-30-23-27(24-31-29)18-15-12-13-16-25(3)32-5-2/h14-15,17-25H,4-13,16H2,1-3H3/b17-14+,18-15+. The summed E-state index contributed by atoms with van der Waals surface area (Å²) in [6.07, 6.45) is 25.5. The van der Waals surface area contributed by atoms with Crippen molar-refractivity contribution in [1.29, 1.82) is 0 Å². The number of aromatic nitrogens is 2. The molecular formula is C29H42N2O. The van der Waals surface area contributed by atoms with Gasteiger partial charge >= 0.3 is 0 Å². The quantitative estimate of drug-likeness (QED) is 0.248. The number of benzene rings is 1. The van der Waals surface area contributed by atoms with Gasteiger partial charge in [0.2, 0.25) is 0 Å². The van der Waals surface area contributed by atoms with Gasteiger partial charge in [0.1, 0.15) is 0 Å². The molecule has 2 rings (SSSR count). The minimum Gasteiger partial charge on any atom is -0.379 e. The van der Waals surface area contributed by atoms with Gasteiger partial charge in [-0.3, -0.25) is 0 Å². The maximum absolute atomic E-state index is 5.57. The summed E-state index contributed by atoms with van der Waals surface area (Å²) >= 11 is 0. The first-order valence-electron chi connectivity index (χ1n) is 12.6. The van der Waals surface area contributed by atoms with Crippen molar-refractivity contribution < 1.29 is 4.74 Å². The Balaban J connectivity index is 1.73. The van der Waals surface area contributed by atoms with Gasteiger partial charge in [-0.05, 0) is 51.5 Å². The molecule has 0 aliphatic rings. The van der Waals surface area contributed by atoms with E-state index in [2.05, 4.69) is 72.4 Å². The Kier molecular flexibility index (Phi) is 13.3. The van der Waals surface area contributed by atoms with Crippen LogP contribution in [0.4, 0.5) is 0 Å². The van der Waals surface area contributed by atoms with Crippen LogP contribution in [0.5, 0.6) is 0 Å².